The number of hydrogen-bond donors (Lipinski definition) is 2. The van der Waals surface area contributed by atoms with Crippen LogP contribution in [0.5, 0.6) is 11.5 Å². The van der Waals surface area contributed by atoms with Gasteiger partial charge in [-0.3, -0.25) is 4.79 Å². The molecule has 2 aromatic carbocycles. The summed E-state index contributed by atoms with van der Waals surface area (Å²) in [5, 5.41) is 2.74. The molecule has 0 aliphatic carbocycles. The van der Waals surface area contributed by atoms with E-state index in [9.17, 15) is 13.2 Å². The van der Waals surface area contributed by atoms with Crippen LogP contribution in [0.1, 0.15) is 6.92 Å². The zero-order valence-corrected chi connectivity index (χ0v) is 17.1. The summed E-state index contributed by atoms with van der Waals surface area (Å²) >= 11 is 1.49. The molecule has 0 spiro atoms. The Morgan fingerprint density at radius 2 is 1.74 bits per heavy atom. The van der Waals surface area contributed by atoms with Crippen molar-refractivity contribution in [3.63, 3.8) is 0 Å². The van der Waals surface area contributed by atoms with E-state index in [1.165, 1.54) is 51.1 Å². The minimum atomic E-state index is -3.92. The van der Waals surface area contributed by atoms with Gasteiger partial charge in [-0.1, -0.05) is 12.1 Å². The van der Waals surface area contributed by atoms with Crippen molar-refractivity contribution in [1.82, 2.24) is 4.72 Å². The summed E-state index contributed by atoms with van der Waals surface area (Å²) in [5.41, 5.74) is 0.632. The number of carbonyl (C=O) groups excluding carboxylic acids is 1. The number of hydrogen-bond acceptors (Lipinski definition) is 6. The van der Waals surface area contributed by atoms with Gasteiger partial charge in [-0.05, 0) is 37.4 Å². The molecule has 0 unspecified atom stereocenters. The number of sulfonamides is 1. The summed E-state index contributed by atoms with van der Waals surface area (Å²) in [6.07, 6.45) is 1.90. The quantitative estimate of drug-likeness (QED) is 0.650. The molecule has 2 N–H and O–H groups in total. The van der Waals surface area contributed by atoms with Gasteiger partial charge in [-0.25, -0.2) is 8.42 Å². The Morgan fingerprint density at radius 3 is 2.37 bits per heavy atom. The second kappa shape index (κ2) is 9.12. The molecule has 0 fully saturated rings. The van der Waals surface area contributed by atoms with Gasteiger partial charge in [-0.2, -0.15) is 4.72 Å². The first-order chi connectivity index (χ1) is 12.8. The number of thioether (sulfide) groups is 1. The first-order valence-electron chi connectivity index (χ1n) is 8.00. The fourth-order valence-corrected chi connectivity index (χ4v) is 4.10. The molecule has 0 bridgehead atoms. The first-order valence-corrected chi connectivity index (χ1v) is 10.7. The summed E-state index contributed by atoms with van der Waals surface area (Å²) in [6, 6.07) is 10.5. The van der Waals surface area contributed by atoms with Crippen molar-refractivity contribution in [3.8, 4) is 11.5 Å². The van der Waals surface area contributed by atoms with Gasteiger partial charge in [0.25, 0.3) is 0 Å². The Morgan fingerprint density at radius 1 is 1.07 bits per heavy atom. The number of carbonyl (C=O) groups is 1. The first kappa shape index (κ1) is 21.1. The van der Waals surface area contributed by atoms with Gasteiger partial charge < -0.3 is 14.8 Å². The summed E-state index contributed by atoms with van der Waals surface area (Å²) in [7, 11) is -1.04. The van der Waals surface area contributed by atoms with Crippen LogP contribution in [0.25, 0.3) is 0 Å². The van der Waals surface area contributed by atoms with Crippen LogP contribution in [0.3, 0.4) is 0 Å². The molecule has 7 nitrogen and oxygen atoms in total. The predicted molar refractivity (Wildman–Crippen MR) is 106 cm³/mol. The van der Waals surface area contributed by atoms with Crippen molar-refractivity contribution in [2.24, 2.45) is 0 Å². The van der Waals surface area contributed by atoms with E-state index in [0.717, 1.165) is 4.90 Å². The smallest absolute Gasteiger partial charge is 0.242 e. The van der Waals surface area contributed by atoms with Gasteiger partial charge in [-0.15, -0.1) is 11.8 Å². The third-order valence-corrected chi connectivity index (χ3v) is 6.09. The number of methoxy groups -OCH3 is 2. The van der Waals surface area contributed by atoms with Crippen LogP contribution in [0.4, 0.5) is 5.69 Å². The average Bonchev–Trinajstić information content (AvgIpc) is 2.67. The lowest BCUT2D eigenvalue weighted by molar-refractivity contribution is -0.117. The number of ether oxygens (including phenoxy) is 2. The minimum Gasteiger partial charge on any atom is -0.493 e. The molecule has 0 aliphatic heterocycles. The van der Waals surface area contributed by atoms with Gasteiger partial charge in [0, 0.05) is 11.0 Å². The SMILES string of the molecule is COc1ccc(S(=O)(=O)N[C@H](C)C(=O)Nc2ccccc2SC)cc1OC. The number of benzene rings is 2. The van der Waals surface area contributed by atoms with Crippen molar-refractivity contribution < 1.29 is 22.7 Å². The molecule has 2 rings (SSSR count). The molecule has 0 radical (unpaired) electrons. The maximum atomic E-state index is 12.6. The molecule has 0 aromatic heterocycles. The van der Waals surface area contributed by atoms with E-state index in [2.05, 4.69) is 10.0 Å². The molecular weight excluding hydrogens is 388 g/mol. The number of nitrogens with one attached hydrogen (secondary N) is 2. The molecule has 1 amide bonds. The third kappa shape index (κ3) is 5.15. The van der Waals surface area contributed by atoms with Gasteiger partial charge in [0.15, 0.2) is 11.5 Å². The molecular formula is C18H22N2O5S2. The van der Waals surface area contributed by atoms with Crippen molar-refractivity contribution in [1.29, 1.82) is 0 Å². The average molecular weight is 411 g/mol. The van der Waals surface area contributed by atoms with Crippen molar-refractivity contribution in [2.45, 2.75) is 22.8 Å². The van der Waals surface area contributed by atoms with Crippen LogP contribution >= 0.6 is 11.8 Å². The summed E-state index contributed by atoms with van der Waals surface area (Å²) < 4.78 is 37.8. The zero-order valence-electron chi connectivity index (χ0n) is 15.5. The highest BCUT2D eigenvalue weighted by atomic mass is 32.2. The molecule has 27 heavy (non-hydrogen) atoms. The van der Waals surface area contributed by atoms with Crippen LogP contribution in [0.15, 0.2) is 52.3 Å². The lowest BCUT2D eigenvalue weighted by Gasteiger charge is -2.16. The van der Waals surface area contributed by atoms with Crippen LogP contribution in [0, 0.1) is 0 Å². The van der Waals surface area contributed by atoms with E-state index < -0.39 is 22.0 Å². The van der Waals surface area contributed by atoms with E-state index in [-0.39, 0.29) is 10.6 Å². The highest BCUT2D eigenvalue weighted by Gasteiger charge is 2.23. The molecule has 0 aliphatic rings. The van der Waals surface area contributed by atoms with Gasteiger partial charge in [0.1, 0.15) is 0 Å². The largest absolute Gasteiger partial charge is 0.493 e. The topological polar surface area (TPSA) is 93.7 Å². The van der Waals surface area contributed by atoms with Crippen LogP contribution in [-0.4, -0.2) is 40.8 Å². The lowest BCUT2D eigenvalue weighted by Crippen LogP contribution is -2.41. The Hall–Kier alpha value is -2.23. The van der Waals surface area contributed by atoms with E-state index in [1.54, 1.807) is 12.1 Å². The molecule has 2 aromatic rings. The van der Waals surface area contributed by atoms with Crippen LogP contribution < -0.4 is 19.5 Å². The Balaban J connectivity index is 2.16. The maximum absolute atomic E-state index is 12.6. The third-order valence-electron chi connectivity index (χ3n) is 3.76. The van der Waals surface area contributed by atoms with E-state index in [1.807, 2.05) is 18.4 Å². The fraction of sp³-hybridized carbons (Fsp3) is 0.278. The number of rotatable bonds is 8. The second-order valence-corrected chi connectivity index (χ2v) is 8.11. The Kier molecular flexibility index (Phi) is 7.11. The number of amides is 1. The highest BCUT2D eigenvalue weighted by molar-refractivity contribution is 7.98. The maximum Gasteiger partial charge on any atom is 0.242 e. The molecule has 0 saturated carbocycles. The monoisotopic (exact) mass is 410 g/mol. The van der Waals surface area contributed by atoms with Gasteiger partial charge in [0.05, 0.1) is 30.8 Å². The fourth-order valence-electron chi connectivity index (χ4n) is 2.33. The summed E-state index contributed by atoms with van der Waals surface area (Å²) in [6.45, 7) is 1.48. The normalized spacial score (nSPS) is 12.3. The predicted octanol–water partition coefficient (Wildman–Crippen LogP) is 2.73. The van der Waals surface area contributed by atoms with Crippen molar-refractivity contribution >= 4 is 33.4 Å². The molecule has 1 atom stereocenters. The molecule has 146 valence electrons. The minimum absolute atomic E-state index is 0.0238. The summed E-state index contributed by atoms with van der Waals surface area (Å²) in [4.78, 5) is 13.3. The number of para-hydroxylation sites is 1. The standard InChI is InChI=1S/C18H22N2O5S2/c1-12(18(21)19-14-7-5-6-8-17(14)26-4)20-27(22,23)13-9-10-15(24-2)16(11-13)25-3/h5-12,20H,1-4H3,(H,19,21)/t12-/m1/s1. The molecule has 9 heteroatoms. The van der Waals surface area contributed by atoms with Gasteiger partial charge in [0.2, 0.25) is 15.9 Å². The Labute approximate surface area is 163 Å². The molecule has 0 saturated heterocycles. The van der Waals surface area contributed by atoms with E-state index in [4.69, 9.17) is 9.47 Å². The van der Waals surface area contributed by atoms with Crippen molar-refractivity contribution in [3.05, 3.63) is 42.5 Å². The Bertz CT molecular complexity index is 916. The zero-order chi connectivity index (χ0) is 20.0. The van der Waals surface area contributed by atoms with Crippen LogP contribution in [0.2, 0.25) is 0 Å². The van der Waals surface area contributed by atoms with E-state index >= 15 is 0 Å². The lowest BCUT2D eigenvalue weighted by atomic mass is 10.3. The van der Waals surface area contributed by atoms with Crippen molar-refractivity contribution in [2.75, 3.05) is 25.8 Å². The number of anilines is 1. The highest BCUT2D eigenvalue weighted by Crippen LogP contribution is 2.29. The van der Waals surface area contributed by atoms with Crippen LogP contribution in [-0.2, 0) is 14.8 Å². The second-order valence-electron chi connectivity index (χ2n) is 5.55. The van der Waals surface area contributed by atoms with Gasteiger partial charge >= 0.3 is 0 Å². The summed E-state index contributed by atoms with van der Waals surface area (Å²) in [5.74, 6) is 0.239. The molecule has 0 heterocycles. The van der Waals surface area contributed by atoms with E-state index in [0.29, 0.717) is 11.4 Å².